The predicted octanol–water partition coefficient (Wildman–Crippen LogP) is 3.50. The van der Waals surface area contributed by atoms with Crippen LogP contribution in [0, 0.1) is 17.2 Å². The number of nitriles is 1. The number of ketones is 1. The van der Waals surface area contributed by atoms with Gasteiger partial charge < -0.3 is 9.64 Å². The summed E-state index contributed by atoms with van der Waals surface area (Å²) >= 11 is 0. The Bertz CT molecular complexity index is 909. The molecule has 2 aliphatic rings. The highest BCUT2D eigenvalue weighted by Gasteiger charge is 2.43. The van der Waals surface area contributed by atoms with Crippen LogP contribution in [0.15, 0.2) is 42.7 Å². The molecule has 2 bridgehead atoms. The van der Waals surface area contributed by atoms with Gasteiger partial charge in [-0.05, 0) is 37.7 Å². The summed E-state index contributed by atoms with van der Waals surface area (Å²) in [5, 5.41) is 8.81. The molecular weight excluding hydrogens is 368 g/mol. The van der Waals surface area contributed by atoms with E-state index < -0.39 is 0 Å². The number of carbonyl (C=O) groups excluding carboxylic acids is 2. The van der Waals surface area contributed by atoms with Crippen molar-refractivity contribution in [1.29, 1.82) is 5.26 Å². The summed E-state index contributed by atoms with van der Waals surface area (Å²) in [6.45, 7) is 0.251. The molecule has 0 saturated carbocycles. The summed E-state index contributed by atoms with van der Waals surface area (Å²) < 4.78 is 5.56. The highest BCUT2D eigenvalue weighted by molar-refractivity contribution is 5.97. The highest BCUT2D eigenvalue weighted by Crippen LogP contribution is 2.38. The van der Waals surface area contributed by atoms with Crippen LogP contribution in [-0.4, -0.2) is 38.8 Å². The van der Waals surface area contributed by atoms with E-state index in [2.05, 4.69) is 9.97 Å². The van der Waals surface area contributed by atoms with Gasteiger partial charge in [-0.3, -0.25) is 4.79 Å². The number of amides is 1. The third-order valence-electron chi connectivity index (χ3n) is 5.80. The van der Waals surface area contributed by atoms with Crippen molar-refractivity contribution in [2.45, 2.75) is 50.8 Å². The van der Waals surface area contributed by atoms with Crippen molar-refractivity contribution >= 4 is 11.9 Å². The van der Waals surface area contributed by atoms with Crippen molar-refractivity contribution in [2.24, 2.45) is 5.92 Å². The van der Waals surface area contributed by atoms with Crippen molar-refractivity contribution in [3.05, 3.63) is 59.7 Å². The van der Waals surface area contributed by atoms with Crippen molar-refractivity contribution in [3.63, 3.8) is 0 Å². The van der Waals surface area contributed by atoms with E-state index in [1.807, 2.05) is 41.3 Å². The molecule has 7 heteroatoms. The van der Waals surface area contributed by atoms with Gasteiger partial charge in [0.25, 0.3) is 0 Å². The number of Topliss-reactive ketones (excluding diaryl/α,β-unsaturated/α-hetero) is 1. The lowest BCUT2D eigenvalue weighted by molar-refractivity contribution is 0.00471. The molecule has 2 saturated heterocycles. The van der Waals surface area contributed by atoms with E-state index in [0.717, 1.165) is 24.8 Å². The van der Waals surface area contributed by atoms with E-state index in [1.165, 1.54) is 12.4 Å². The summed E-state index contributed by atoms with van der Waals surface area (Å²) in [4.78, 5) is 35.4. The molecule has 0 spiro atoms. The fourth-order valence-electron chi connectivity index (χ4n) is 4.44. The molecule has 1 amide bonds. The molecule has 7 nitrogen and oxygen atoms in total. The lowest BCUT2D eigenvalue weighted by Gasteiger charge is -2.47. The molecule has 2 aromatic rings. The third-order valence-corrected chi connectivity index (χ3v) is 5.80. The van der Waals surface area contributed by atoms with Crippen LogP contribution in [0.2, 0.25) is 0 Å². The first-order valence-corrected chi connectivity index (χ1v) is 9.91. The summed E-state index contributed by atoms with van der Waals surface area (Å²) in [5.41, 5.74) is 1.38. The lowest BCUT2D eigenvalue weighted by atomic mass is 9.76. The standard InChI is InChI=1S/C22H22N4O3/c23-11-20-24-12-17(13-25-20)21(27)16-9-18-7-4-8-19(10-16)26(18)22(28)29-14-15-5-2-1-3-6-15/h1-3,5-6,12-13,16,18-19H,4,7-10,14H2. The molecule has 2 unspecified atom stereocenters. The van der Waals surface area contributed by atoms with Gasteiger partial charge in [0.05, 0.1) is 5.56 Å². The molecule has 0 radical (unpaired) electrons. The second-order valence-electron chi connectivity index (χ2n) is 7.63. The third kappa shape index (κ3) is 4.11. The molecule has 4 rings (SSSR count). The van der Waals surface area contributed by atoms with Crippen LogP contribution < -0.4 is 0 Å². The number of rotatable bonds is 4. The van der Waals surface area contributed by atoms with Crippen LogP contribution in [0.1, 0.15) is 53.8 Å². The minimum absolute atomic E-state index is 0.0105. The van der Waals surface area contributed by atoms with Gasteiger partial charge in [0, 0.05) is 30.4 Å². The maximum absolute atomic E-state index is 12.9. The van der Waals surface area contributed by atoms with Gasteiger partial charge in [-0.2, -0.15) is 5.26 Å². The number of fused-ring (bicyclic) bond motifs is 2. The van der Waals surface area contributed by atoms with Crippen LogP contribution in [0.25, 0.3) is 0 Å². The van der Waals surface area contributed by atoms with Gasteiger partial charge >= 0.3 is 6.09 Å². The average molecular weight is 390 g/mol. The normalized spacial score (nSPS) is 23.1. The highest BCUT2D eigenvalue weighted by atomic mass is 16.6. The van der Waals surface area contributed by atoms with Crippen molar-refractivity contribution in [3.8, 4) is 6.07 Å². The summed E-state index contributed by atoms with van der Waals surface area (Å²) in [5.74, 6) is -0.127. The Morgan fingerprint density at radius 2 is 1.76 bits per heavy atom. The maximum atomic E-state index is 12.9. The van der Waals surface area contributed by atoms with Gasteiger partial charge in [0.2, 0.25) is 5.82 Å². The Kier molecular flexibility index (Phi) is 5.52. The summed E-state index contributed by atoms with van der Waals surface area (Å²) in [7, 11) is 0. The van der Waals surface area contributed by atoms with Gasteiger partial charge in [-0.15, -0.1) is 0 Å². The van der Waals surface area contributed by atoms with Crippen LogP contribution in [0.3, 0.4) is 0 Å². The molecule has 3 heterocycles. The average Bonchev–Trinajstić information content (AvgIpc) is 2.77. The monoisotopic (exact) mass is 390 g/mol. The van der Waals surface area contributed by atoms with Gasteiger partial charge in [-0.25, -0.2) is 14.8 Å². The zero-order valence-electron chi connectivity index (χ0n) is 16.0. The maximum Gasteiger partial charge on any atom is 0.410 e. The predicted molar refractivity (Wildman–Crippen MR) is 104 cm³/mol. The summed E-state index contributed by atoms with van der Waals surface area (Å²) in [6.07, 6.45) is 6.60. The number of ether oxygens (including phenoxy) is 1. The Balaban J connectivity index is 1.42. The second kappa shape index (κ2) is 8.39. The SMILES string of the molecule is N#Cc1ncc(C(=O)C2CC3CCCC(C2)N3C(=O)OCc2ccccc2)cn1. The Labute approximate surface area is 169 Å². The molecule has 1 aromatic heterocycles. The van der Waals surface area contributed by atoms with Gasteiger partial charge in [0.1, 0.15) is 12.7 Å². The van der Waals surface area contributed by atoms with Gasteiger partial charge in [-0.1, -0.05) is 30.3 Å². The largest absolute Gasteiger partial charge is 0.445 e. The number of aromatic nitrogens is 2. The number of hydrogen-bond acceptors (Lipinski definition) is 6. The van der Waals surface area contributed by atoms with E-state index in [1.54, 1.807) is 0 Å². The number of benzene rings is 1. The molecule has 29 heavy (non-hydrogen) atoms. The van der Waals surface area contributed by atoms with E-state index in [0.29, 0.717) is 18.4 Å². The van der Waals surface area contributed by atoms with E-state index >= 15 is 0 Å². The molecule has 0 aliphatic carbocycles. The van der Waals surface area contributed by atoms with E-state index in [9.17, 15) is 9.59 Å². The molecule has 0 N–H and O–H groups in total. The molecule has 2 fully saturated rings. The second-order valence-corrected chi connectivity index (χ2v) is 7.63. The van der Waals surface area contributed by atoms with Crippen molar-refractivity contribution in [2.75, 3.05) is 0 Å². The Morgan fingerprint density at radius 1 is 1.10 bits per heavy atom. The van der Waals surface area contributed by atoms with Crippen LogP contribution in [0.4, 0.5) is 4.79 Å². The first-order chi connectivity index (χ1) is 14.2. The molecular formula is C22H22N4O3. The molecule has 2 aliphatic heterocycles. The lowest BCUT2D eigenvalue weighted by Crippen LogP contribution is -2.55. The topological polar surface area (TPSA) is 96.2 Å². The first-order valence-electron chi connectivity index (χ1n) is 9.91. The van der Waals surface area contributed by atoms with E-state index in [4.69, 9.17) is 10.00 Å². The van der Waals surface area contributed by atoms with Crippen LogP contribution >= 0.6 is 0 Å². The molecule has 1 aromatic carbocycles. The minimum atomic E-state index is -0.295. The van der Waals surface area contributed by atoms with Crippen molar-refractivity contribution < 1.29 is 14.3 Å². The Hall–Kier alpha value is -3.27. The zero-order chi connectivity index (χ0) is 20.2. The number of carbonyl (C=O) groups is 2. The smallest absolute Gasteiger partial charge is 0.410 e. The minimum Gasteiger partial charge on any atom is -0.445 e. The quantitative estimate of drug-likeness (QED) is 0.741. The molecule has 148 valence electrons. The number of hydrogen-bond donors (Lipinski definition) is 0. The van der Waals surface area contributed by atoms with Crippen molar-refractivity contribution in [1.82, 2.24) is 14.9 Å². The van der Waals surface area contributed by atoms with Crippen LogP contribution in [0.5, 0.6) is 0 Å². The number of nitrogens with zero attached hydrogens (tertiary/aromatic N) is 4. The molecule has 2 atom stereocenters. The van der Waals surface area contributed by atoms with Crippen LogP contribution in [-0.2, 0) is 11.3 Å². The number of piperidine rings is 2. The zero-order valence-corrected chi connectivity index (χ0v) is 16.0. The van der Waals surface area contributed by atoms with E-state index in [-0.39, 0.29) is 42.3 Å². The Morgan fingerprint density at radius 3 is 2.38 bits per heavy atom. The fourth-order valence-corrected chi connectivity index (χ4v) is 4.44. The first kappa shape index (κ1) is 19.1. The van der Waals surface area contributed by atoms with Gasteiger partial charge in [0.15, 0.2) is 5.78 Å². The summed E-state index contributed by atoms with van der Waals surface area (Å²) in [6, 6.07) is 11.5. The fraction of sp³-hybridized carbons (Fsp3) is 0.409.